The topological polar surface area (TPSA) is 141 Å². The van der Waals surface area contributed by atoms with Crippen LogP contribution in [0.15, 0.2) is 54.6 Å². The number of esters is 2. The molecule has 0 aromatic heterocycles. The minimum atomic E-state index is -3.72. The van der Waals surface area contributed by atoms with Crippen LogP contribution in [0.3, 0.4) is 0 Å². The molecular weight excluding hydrogens is 689 g/mol. The van der Waals surface area contributed by atoms with Gasteiger partial charge in [-0.1, -0.05) is 102 Å². The number of rotatable bonds is 24. The first-order valence-electron chi connectivity index (χ1n) is 18.6. The number of phenolic OH excluding ortho intramolecular Hbond substituents is 1. The summed E-state index contributed by atoms with van der Waals surface area (Å²) < 4.78 is 64.5. The molecule has 0 amide bonds. The summed E-state index contributed by atoms with van der Waals surface area (Å²) >= 11 is 0. The quantitative estimate of drug-likeness (QED) is 0.0829. The first-order valence-corrected chi connectivity index (χ1v) is 22.2. The summed E-state index contributed by atoms with van der Waals surface area (Å²) in [7, 11) is -7.43. The van der Waals surface area contributed by atoms with Crippen molar-refractivity contribution in [1.29, 1.82) is 0 Å². The Labute approximate surface area is 307 Å². The summed E-state index contributed by atoms with van der Waals surface area (Å²) in [5.41, 5.74) is -0.484. The molecule has 0 radical (unpaired) electrons. The van der Waals surface area contributed by atoms with Crippen LogP contribution in [-0.4, -0.2) is 63.0 Å². The highest BCUT2D eigenvalue weighted by Crippen LogP contribution is 2.41. The lowest BCUT2D eigenvalue weighted by Gasteiger charge is -2.36. The maximum absolute atomic E-state index is 14.2. The smallest absolute Gasteiger partial charge is 0.312 e. The van der Waals surface area contributed by atoms with Crippen molar-refractivity contribution in [1.82, 2.24) is 0 Å². The van der Waals surface area contributed by atoms with Crippen molar-refractivity contribution in [3.63, 3.8) is 0 Å². The van der Waals surface area contributed by atoms with Gasteiger partial charge in [0.05, 0.1) is 34.3 Å². The van der Waals surface area contributed by atoms with Gasteiger partial charge < -0.3 is 14.6 Å². The average molecular weight is 751 g/mol. The zero-order valence-corrected chi connectivity index (χ0v) is 33.5. The number of unbranched alkanes of at least 4 members (excludes halogenated alkanes) is 5. The largest absolute Gasteiger partial charge is 0.508 e. The van der Waals surface area contributed by atoms with E-state index in [2.05, 4.69) is 0 Å². The van der Waals surface area contributed by atoms with Gasteiger partial charge in [0, 0.05) is 0 Å². The van der Waals surface area contributed by atoms with Gasteiger partial charge in [0.1, 0.15) is 17.5 Å². The van der Waals surface area contributed by atoms with Crippen LogP contribution in [0.4, 0.5) is 0 Å². The van der Waals surface area contributed by atoms with Crippen LogP contribution < -0.4 is 0 Å². The zero-order chi connectivity index (χ0) is 38.3. The van der Waals surface area contributed by atoms with Crippen molar-refractivity contribution < 1.29 is 41.0 Å². The molecule has 0 heterocycles. The third kappa shape index (κ3) is 15.3. The molecule has 9 nitrogen and oxygen atoms in total. The number of carbonyl (C=O) groups excluding carboxylic acids is 2. The van der Waals surface area contributed by atoms with E-state index in [0.29, 0.717) is 19.3 Å². The molecule has 0 saturated heterocycles. The molecule has 0 aliphatic rings. The number of carbonyl (C=O) groups is 2. The maximum atomic E-state index is 14.2. The maximum Gasteiger partial charge on any atom is 0.312 e. The Hall–Kier alpha value is -2.92. The summed E-state index contributed by atoms with van der Waals surface area (Å²) in [5.74, 6) is -3.49. The lowest BCUT2D eigenvalue weighted by atomic mass is 9.72. The Bertz CT molecular complexity index is 1570. The fraction of sp³-hybridized carbons (Fsp3) is 0.650. The molecule has 0 spiro atoms. The van der Waals surface area contributed by atoms with Crippen molar-refractivity contribution >= 4 is 31.6 Å². The first kappa shape index (κ1) is 44.2. The molecular formula is C40H62O9S2. The molecule has 0 aliphatic heterocycles. The van der Waals surface area contributed by atoms with Gasteiger partial charge in [0.2, 0.25) is 0 Å². The highest BCUT2D eigenvalue weighted by atomic mass is 32.2. The lowest BCUT2D eigenvalue weighted by Crippen LogP contribution is -2.41. The second-order valence-electron chi connectivity index (χ2n) is 14.9. The van der Waals surface area contributed by atoms with E-state index in [1.807, 2.05) is 65.0 Å². The number of hydrogen-bond donors (Lipinski definition) is 1. The Balaban J connectivity index is 2.41. The fourth-order valence-corrected chi connectivity index (χ4v) is 9.74. The molecule has 2 aromatic rings. The number of ether oxygens (including phenoxy) is 2. The third-order valence-corrected chi connectivity index (χ3v) is 13.2. The zero-order valence-electron chi connectivity index (χ0n) is 31.9. The lowest BCUT2D eigenvalue weighted by molar-refractivity contribution is -0.172. The van der Waals surface area contributed by atoms with Gasteiger partial charge in [-0.2, -0.15) is 0 Å². The van der Waals surface area contributed by atoms with Crippen LogP contribution in [0, 0.1) is 11.3 Å². The second-order valence-corrected chi connectivity index (χ2v) is 19.3. The minimum absolute atomic E-state index is 0.0359. The molecule has 2 rings (SSSR count). The molecule has 0 bridgehead atoms. The number of phenols is 1. The van der Waals surface area contributed by atoms with Gasteiger partial charge in [-0.05, 0) is 82.1 Å². The Morgan fingerprint density at radius 1 is 0.745 bits per heavy atom. The van der Waals surface area contributed by atoms with Crippen LogP contribution in [-0.2, 0) is 44.3 Å². The van der Waals surface area contributed by atoms with Crippen LogP contribution in [0.1, 0.15) is 130 Å². The fourth-order valence-electron chi connectivity index (χ4n) is 6.47. The van der Waals surface area contributed by atoms with Gasteiger partial charge in [0.15, 0.2) is 19.7 Å². The Morgan fingerprint density at radius 3 is 1.80 bits per heavy atom. The van der Waals surface area contributed by atoms with Crippen LogP contribution in [0.25, 0.3) is 0 Å². The summed E-state index contributed by atoms with van der Waals surface area (Å²) in [6, 6.07) is 16.1. The van der Waals surface area contributed by atoms with E-state index in [0.717, 1.165) is 43.2 Å². The molecule has 4 unspecified atom stereocenters. The third-order valence-electron chi connectivity index (χ3n) is 9.58. The van der Waals surface area contributed by atoms with Crippen molar-refractivity contribution in [2.24, 2.45) is 11.3 Å². The average Bonchev–Trinajstić information content (AvgIpc) is 3.05. The van der Waals surface area contributed by atoms with E-state index in [4.69, 9.17) is 9.47 Å². The van der Waals surface area contributed by atoms with Crippen LogP contribution in [0.2, 0.25) is 0 Å². The van der Waals surface area contributed by atoms with Crippen molar-refractivity contribution in [3.05, 3.63) is 65.7 Å². The minimum Gasteiger partial charge on any atom is -0.508 e. The van der Waals surface area contributed by atoms with Gasteiger partial charge in [-0.15, -0.1) is 0 Å². The molecule has 11 heteroatoms. The molecule has 2 aromatic carbocycles. The Kier molecular flexibility index (Phi) is 17.7. The van der Waals surface area contributed by atoms with Crippen molar-refractivity contribution in [3.8, 4) is 5.75 Å². The van der Waals surface area contributed by atoms with E-state index < -0.39 is 66.2 Å². The molecule has 0 aliphatic carbocycles. The standard InChI is InChI=1S/C40H62O9S2/c1-8-11-13-18-26-51(46,47)30-36(29-50(44,45)25-17-12-9-2)48-37(42)32(10-3)28-40(7,27-31(4)33-21-23-35(41)24-22-33)38(43)49-39(5,6)34-19-15-14-16-20-34/h14-16,19-24,31-32,36,41H,8-13,17-18,25-30H2,1-7H3. The predicted octanol–water partition coefficient (Wildman–Crippen LogP) is 8.30. The summed E-state index contributed by atoms with van der Waals surface area (Å²) in [4.78, 5) is 28.2. The van der Waals surface area contributed by atoms with E-state index in [-0.39, 0.29) is 36.0 Å². The predicted molar refractivity (Wildman–Crippen MR) is 204 cm³/mol. The van der Waals surface area contributed by atoms with Gasteiger partial charge >= 0.3 is 11.9 Å². The van der Waals surface area contributed by atoms with Crippen LogP contribution >= 0.6 is 0 Å². The van der Waals surface area contributed by atoms with Gasteiger partial charge in [-0.25, -0.2) is 16.8 Å². The molecule has 288 valence electrons. The second kappa shape index (κ2) is 20.4. The van der Waals surface area contributed by atoms with Crippen LogP contribution in [0.5, 0.6) is 5.75 Å². The normalized spacial score (nSPS) is 15.4. The van der Waals surface area contributed by atoms with Gasteiger partial charge in [-0.3, -0.25) is 9.59 Å². The number of sulfone groups is 2. The monoisotopic (exact) mass is 750 g/mol. The van der Waals surface area contributed by atoms with Crippen molar-refractivity contribution in [2.75, 3.05) is 23.0 Å². The molecule has 51 heavy (non-hydrogen) atoms. The SMILES string of the molecule is CCCCCCS(=O)(=O)CC(CS(=O)(=O)CCCCC)OC(=O)C(CC)CC(C)(CC(C)c1ccc(O)cc1)C(=O)OC(C)(C)c1ccccc1. The van der Waals surface area contributed by atoms with E-state index in [1.54, 1.807) is 38.1 Å². The molecule has 0 saturated carbocycles. The molecule has 0 fully saturated rings. The highest BCUT2D eigenvalue weighted by Gasteiger charge is 2.43. The Morgan fingerprint density at radius 2 is 1.27 bits per heavy atom. The summed E-state index contributed by atoms with van der Waals surface area (Å²) in [6.45, 7) is 13.1. The first-order chi connectivity index (χ1) is 23.9. The molecule has 4 atom stereocenters. The summed E-state index contributed by atoms with van der Waals surface area (Å²) in [6.07, 6.45) is 4.27. The highest BCUT2D eigenvalue weighted by molar-refractivity contribution is 7.92. The van der Waals surface area contributed by atoms with E-state index in [1.165, 1.54) is 0 Å². The number of aromatic hydroxyl groups is 1. The van der Waals surface area contributed by atoms with E-state index in [9.17, 15) is 31.5 Å². The summed E-state index contributed by atoms with van der Waals surface area (Å²) in [5, 5.41) is 9.84. The van der Waals surface area contributed by atoms with Crippen molar-refractivity contribution in [2.45, 2.75) is 130 Å². The number of benzene rings is 2. The van der Waals surface area contributed by atoms with E-state index >= 15 is 0 Å². The van der Waals surface area contributed by atoms with Gasteiger partial charge in [0.25, 0.3) is 0 Å². The molecule has 1 N–H and O–H groups in total. The number of hydrogen-bond acceptors (Lipinski definition) is 9.